The van der Waals surface area contributed by atoms with E-state index in [2.05, 4.69) is 17.1 Å². The highest BCUT2D eigenvalue weighted by Gasteiger charge is 2.30. The molecule has 0 bridgehead atoms. The number of hydrogen-bond donors (Lipinski definition) is 1. The van der Waals surface area contributed by atoms with Crippen molar-refractivity contribution in [2.45, 2.75) is 31.5 Å². The number of hydrogen-bond acceptors (Lipinski definition) is 5. The summed E-state index contributed by atoms with van der Waals surface area (Å²) in [6, 6.07) is 0.114. The van der Waals surface area contributed by atoms with Gasteiger partial charge in [0.05, 0.1) is 13.2 Å². The van der Waals surface area contributed by atoms with Crippen LogP contribution in [0.15, 0.2) is 0 Å². The summed E-state index contributed by atoms with van der Waals surface area (Å²) in [5.41, 5.74) is 0. The van der Waals surface area contributed by atoms with Crippen molar-refractivity contribution in [2.75, 3.05) is 34.4 Å². The van der Waals surface area contributed by atoms with Crippen LogP contribution in [-0.2, 0) is 14.3 Å². The first kappa shape index (κ1) is 13.4. The molecule has 5 nitrogen and oxygen atoms in total. The van der Waals surface area contributed by atoms with E-state index in [1.165, 1.54) is 7.11 Å². The molecular formula is C11H22N2O3. The van der Waals surface area contributed by atoms with Gasteiger partial charge in [-0.3, -0.25) is 9.69 Å². The van der Waals surface area contributed by atoms with Gasteiger partial charge in [0.15, 0.2) is 0 Å². The normalized spacial score (nSPS) is 27.1. The molecule has 1 aliphatic rings. The quantitative estimate of drug-likeness (QED) is 0.666. The summed E-state index contributed by atoms with van der Waals surface area (Å²) >= 11 is 0. The number of carbonyl (C=O) groups is 1. The Morgan fingerprint density at radius 3 is 2.81 bits per heavy atom. The molecule has 94 valence electrons. The Labute approximate surface area is 97.1 Å². The van der Waals surface area contributed by atoms with Crippen LogP contribution in [0.1, 0.15) is 13.3 Å². The monoisotopic (exact) mass is 230 g/mol. The van der Waals surface area contributed by atoms with Gasteiger partial charge in [-0.15, -0.1) is 0 Å². The number of ether oxygens (including phenoxy) is 2. The number of rotatable bonds is 5. The third-order valence-electron chi connectivity index (χ3n) is 3.21. The number of likely N-dealkylation sites (N-methyl/N-ethyl adjacent to an activating group) is 2. The predicted molar refractivity (Wildman–Crippen MR) is 61.3 cm³/mol. The summed E-state index contributed by atoms with van der Waals surface area (Å²) in [6.45, 7) is 3.51. The van der Waals surface area contributed by atoms with Crippen molar-refractivity contribution in [3.63, 3.8) is 0 Å². The molecule has 0 amide bonds. The zero-order valence-electron chi connectivity index (χ0n) is 10.5. The van der Waals surface area contributed by atoms with Crippen LogP contribution < -0.4 is 5.32 Å². The van der Waals surface area contributed by atoms with Gasteiger partial charge in [0.1, 0.15) is 6.04 Å². The van der Waals surface area contributed by atoms with E-state index in [0.29, 0.717) is 12.6 Å². The van der Waals surface area contributed by atoms with E-state index >= 15 is 0 Å². The molecular weight excluding hydrogens is 208 g/mol. The van der Waals surface area contributed by atoms with E-state index in [4.69, 9.17) is 9.47 Å². The van der Waals surface area contributed by atoms with Gasteiger partial charge in [-0.05, 0) is 27.4 Å². The number of nitrogens with zero attached hydrogens (tertiary/aromatic N) is 1. The standard InChI is InChI=1S/C11H22N2O3/c1-8-10(5-6-16-8)13(3)7-9(12-2)11(14)15-4/h8-10,12H,5-7H2,1-4H3. The Hall–Kier alpha value is -0.650. The van der Waals surface area contributed by atoms with Crippen molar-refractivity contribution in [1.82, 2.24) is 10.2 Å². The lowest BCUT2D eigenvalue weighted by atomic mass is 10.1. The first-order chi connectivity index (χ1) is 7.60. The van der Waals surface area contributed by atoms with E-state index in [-0.39, 0.29) is 18.1 Å². The van der Waals surface area contributed by atoms with Crippen molar-refractivity contribution < 1.29 is 14.3 Å². The molecule has 16 heavy (non-hydrogen) atoms. The van der Waals surface area contributed by atoms with Gasteiger partial charge >= 0.3 is 5.97 Å². The van der Waals surface area contributed by atoms with Crippen LogP contribution in [0.25, 0.3) is 0 Å². The first-order valence-corrected chi connectivity index (χ1v) is 5.67. The van der Waals surface area contributed by atoms with Crippen molar-refractivity contribution in [3.05, 3.63) is 0 Å². The summed E-state index contributed by atoms with van der Waals surface area (Å²) in [5, 5.41) is 2.96. The lowest BCUT2D eigenvalue weighted by Gasteiger charge is -2.29. The molecule has 0 aromatic rings. The van der Waals surface area contributed by atoms with Crippen LogP contribution in [0.4, 0.5) is 0 Å². The Morgan fingerprint density at radius 1 is 1.69 bits per heavy atom. The highest BCUT2D eigenvalue weighted by atomic mass is 16.5. The smallest absolute Gasteiger partial charge is 0.324 e. The molecule has 1 rings (SSSR count). The Morgan fingerprint density at radius 2 is 2.38 bits per heavy atom. The van der Waals surface area contributed by atoms with Gasteiger partial charge in [0, 0.05) is 19.2 Å². The maximum atomic E-state index is 11.4. The lowest BCUT2D eigenvalue weighted by Crippen LogP contribution is -2.48. The molecule has 1 aliphatic heterocycles. The third kappa shape index (κ3) is 3.17. The predicted octanol–water partition coefficient (Wildman–Crippen LogP) is -0.143. The van der Waals surface area contributed by atoms with Crippen molar-refractivity contribution in [1.29, 1.82) is 0 Å². The molecule has 1 N–H and O–H groups in total. The van der Waals surface area contributed by atoms with Crippen LogP contribution >= 0.6 is 0 Å². The van der Waals surface area contributed by atoms with Gasteiger partial charge < -0.3 is 14.8 Å². The number of esters is 1. The molecule has 3 atom stereocenters. The third-order valence-corrected chi connectivity index (χ3v) is 3.21. The van der Waals surface area contributed by atoms with Crippen molar-refractivity contribution >= 4 is 5.97 Å². The highest BCUT2D eigenvalue weighted by molar-refractivity contribution is 5.75. The minimum absolute atomic E-state index is 0.221. The van der Waals surface area contributed by atoms with E-state index < -0.39 is 0 Å². The fraction of sp³-hybridized carbons (Fsp3) is 0.909. The van der Waals surface area contributed by atoms with Crippen LogP contribution in [0.3, 0.4) is 0 Å². The lowest BCUT2D eigenvalue weighted by molar-refractivity contribution is -0.143. The van der Waals surface area contributed by atoms with Crippen LogP contribution in [0.5, 0.6) is 0 Å². The number of nitrogens with one attached hydrogen (secondary N) is 1. The van der Waals surface area contributed by atoms with E-state index in [1.54, 1.807) is 7.05 Å². The number of methoxy groups -OCH3 is 1. The molecule has 0 radical (unpaired) electrons. The minimum atomic E-state index is -0.275. The fourth-order valence-corrected chi connectivity index (χ4v) is 2.15. The van der Waals surface area contributed by atoms with Crippen LogP contribution in [0.2, 0.25) is 0 Å². The summed E-state index contributed by atoms with van der Waals surface area (Å²) in [5.74, 6) is -0.221. The molecule has 5 heteroatoms. The second kappa shape index (κ2) is 6.18. The van der Waals surface area contributed by atoms with Gasteiger partial charge in [-0.25, -0.2) is 0 Å². The Balaban J connectivity index is 2.48. The van der Waals surface area contributed by atoms with Crippen molar-refractivity contribution in [3.8, 4) is 0 Å². The molecule has 3 unspecified atom stereocenters. The summed E-state index contributed by atoms with van der Waals surface area (Å²) in [6.07, 6.45) is 1.26. The second-order valence-electron chi connectivity index (χ2n) is 4.24. The SMILES string of the molecule is CNC(CN(C)C1CCOC1C)C(=O)OC. The molecule has 1 saturated heterocycles. The largest absolute Gasteiger partial charge is 0.468 e. The Kier molecular flexibility index (Phi) is 5.18. The van der Waals surface area contributed by atoms with Crippen molar-refractivity contribution in [2.24, 2.45) is 0 Å². The van der Waals surface area contributed by atoms with Crippen LogP contribution in [0, 0.1) is 0 Å². The first-order valence-electron chi connectivity index (χ1n) is 5.67. The maximum absolute atomic E-state index is 11.4. The zero-order valence-corrected chi connectivity index (χ0v) is 10.5. The van der Waals surface area contributed by atoms with Gasteiger partial charge in [-0.2, -0.15) is 0 Å². The molecule has 0 saturated carbocycles. The zero-order chi connectivity index (χ0) is 12.1. The molecule has 0 aromatic heterocycles. The van der Waals surface area contributed by atoms with Gasteiger partial charge in [0.2, 0.25) is 0 Å². The summed E-state index contributed by atoms with van der Waals surface area (Å²) < 4.78 is 10.2. The minimum Gasteiger partial charge on any atom is -0.468 e. The van der Waals surface area contributed by atoms with E-state index in [1.807, 2.05) is 7.05 Å². The fourth-order valence-electron chi connectivity index (χ4n) is 2.15. The average Bonchev–Trinajstić information content (AvgIpc) is 2.71. The summed E-state index contributed by atoms with van der Waals surface area (Å²) in [4.78, 5) is 13.6. The van der Waals surface area contributed by atoms with E-state index in [9.17, 15) is 4.79 Å². The second-order valence-corrected chi connectivity index (χ2v) is 4.24. The molecule has 0 spiro atoms. The average molecular weight is 230 g/mol. The van der Waals surface area contributed by atoms with E-state index in [0.717, 1.165) is 13.0 Å². The molecule has 1 heterocycles. The van der Waals surface area contributed by atoms with Crippen LogP contribution in [-0.4, -0.2) is 63.4 Å². The maximum Gasteiger partial charge on any atom is 0.324 e. The topological polar surface area (TPSA) is 50.8 Å². The summed E-state index contributed by atoms with van der Waals surface area (Å²) in [7, 11) is 5.20. The molecule has 0 aliphatic carbocycles. The molecule has 1 fully saturated rings. The Bertz CT molecular complexity index is 235. The number of carbonyl (C=O) groups excluding carboxylic acids is 1. The highest BCUT2D eigenvalue weighted by Crippen LogP contribution is 2.18. The van der Waals surface area contributed by atoms with Gasteiger partial charge in [-0.1, -0.05) is 0 Å². The van der Waals surface area contributed by atoms with Gasteiger partial charge in [0.25, 0.3) is 0 Å². The molecule has 0 aromatic carbocycles.